The Morgan fingerprint density at radius 3 is 2.63 bits per heavy atom. The number of aryl methyl sites for hydroxylation is 2. The predicted octanol–water partition coefficient (Wildman–Crippen LogP) is 1.85. The lowest BCUT2D eigenvalue weighted by Crippen LogP contribution is -2.26. The summed E-state index contributed by atoms with van der Waals surface area (Å²) in [6, 6.07) is 0. The molecule has 0 saturated carbocycles. The third-order valence-corrected chi connectivity index (χ3v) is 5.14. The topological polar surface area (TPSA) is 127 Å². The van der Waals surface area contributed by atoms with Crippen molar-refractivity contribution in [2.75, 3.05) is 20.0 Å². The highest BCUT2D eigenvalue weighted by Crippen LogP contribution is 2.26. The Balaban J connectivity index is 2.10. The summed E-state index contributed by atoms with van der Waals surface area (Å²) in [4.78, 5) is 37.3. The number of rotatable bonds is 7. The molecule has 3 rings (SSSR count). The molecule has 0 unspecified atom stereocenters. The van der Waals surface area contributed by atoms with E-state index >= 15 is 0 Å². The lowest BCUT2D eigenvalue weighted by atomic mass is 10.1. The molecule has 11 heteroatoms. The van der Waals surface area contributed by atoms with E-state index in [4.69, 9.17) is 22.1 Å². The van der Waals surface area contributed by atoms with Crippen LogP contribution in [0.15, 0.2) is 11.0 Å². The standard InChI is InChI=1S/C19H23ClN6O4/c1-10-8-22-12(11(2)15(10)30-4)9-26-17-14(16(20)23-18(21)24-17)25(19(26)28)7-5-6-13(27)29-3/h8H,5-7,9H2,1-4H3,(H2,21,23,24). The van der Waals surface area contributed by atoms with Gasteiger partial charge in [-0.1, -0.05) is 11.6 Å². The Labute approximate surface area is 177 Å². The second-order valence-corrected chi connectivity index (χ2v) is 7.15. The van der Waals surface area contributed by atoms with Crippen molar-refractivity contribution in [3.8, 4) is 5.75 Å². The zero-order chi connectivity index (χ0) is 22.0. The monoisotopic (exact) mass is 434 g/mol. The van der Waals surface area contributed by atoms with Crippen LogP contribution in [0.1, 0.15) is 29.7 Å². The van der Waals surface area contributed by atoms with E-state index in [0.717, 1.165) is 11.1 Å². The number of anilines is 1. The lowest BCUT2D eigenvalue weighted by Gasteiger charge is -2.12. The molecule has 160 valence electrons. The van der Waals surface area contributed by atoms with Gasteiger partial charge in [0, 0.05) is 30.3 Å². The lowest BCUT2D eigenvalue weighted by molar-refractivity contribution is -0.140. The maximum atomic E-state index is 13.2. The van der Waals surface area contributed by atoms with Gasteiger partial charge in [-0.2, -0.15) is 9.97 Å². The zero-order valence-electron chi connectivity index (χ0n) is 17.2. The van der Waals surface area contributed by atoms with Crippen LogP contribution in [-0.2, 0) is 22.6 Å². The van der Waals surface area contributed by atoms with Gasteiger partial charge in [-0.05, 0) is 20.3 Å². The van der Waals surface area contributed by atoms with Gasteiger partial charge in [0.05, 0.1) is 26.5 Å². The molecule has 3 aromatic rings. The molecule has 0 aliphatic rings. The van der Waals surface area contributed by atoms with Crippen LogP contribution < -0.4 is 16.2 Å². The van der Waals surface area contributed by atoms with Gasteiger partial charge in [-0.25, -0.2) is 4.79 Å². The molecule has 0 bridgehead atoms. The number of nitrogens with zero attached hydrogens (tertiary/aromatic N) is 5. The fourth-order valence-electron chi connectivity index (χ4n) is 3.40. The van der Waals surface area contributed by atoms with Gasteiger partial charge in [-0.3, -0.25) is 18.9 Å². The van der Waals surface area contributed by atoms with Gasteiger partial charge >= 0.3 is 11.7 Å². The molecule has 0 spiro atoms. The van der Waals surface area contributed by atoms with Crippen molar-refractivity contribution in [2.45, 2.75) is 39.8 Å². The van der Waals surface area contributed by atoms with E-state index in [9.17, 15) is 9.59 Å². The van der Waals surface area contributed by atoms with Crippen LogP contribution in [0.5, 0.6) is 5.75 Å². The highest BCUT2D eigenvalue weighted by atomic mass is 35.5. The van der Waals surface area contributed by atoms with E-state index < -0.39 is 0 Å². The number of halogens is 1. The van der Waals surface area contributed by atoms with Crippen molar-refractivity contribution in [1.82, 2.24) is 24.1 Å². The number of imidazole rings is 1. The minimum absolute atomic E-state index is 0.0425. The van der Waals surface area contributed by atoms with Crippen molar-refractivity contribution in [3.63, 3.8) is 0 Å². The summed E-state index contributed by atoms with van der Waals surface area (Å²) in [7, 11) is 2.91. The quantitative estimate of drug-likeness (QED) is 0.440. The molecule has 0 radical (unpaired) electrons. The molecule has 0 fully saturated rings. The van der Waals surface area contributed by atoms with Crippen LogP contribution >= 0.6 is 11.6 Å². The molecular weight excluding hydrogens is 412 g/mol. The number of nitrogen functional groups attached to an aromatic ring is 1. The van der Waals surface area contributed by atoms with Crippen LogP contribution in [0.3, 0.4) is 0 Å². The van der Waals surface area contributed by atoms with Crippen molar-refractivity contribution in [1.29, 1.82) is 0 Å². The molecular formula is C19H23ClN6O4. The summed E-state index contributed by atoms with van der Waals surface area (Å²) >= 11 is 6.29. The minimum Gasteiger partial charge on any atom is -0.496 e. The number of pyridine rings is 1. The van der Waals surface area contributed by atoms with Crippen LogP contribution in [0, 0.1) is 13.8 Å². The highest BCUT2D eigenvalue weighted by Gasteiger charge is 2.21. The number of carbonyl (C=O) groups is 1. The molecule has 0 amide bonds. The first-order valence-corrected chi connectivity index (χ1v) is 9.64. The summed E-state index contributed by atoms with van der Waals surface area (Å²) in [5, 5.41) is 0.0672. The normalized spacial score (nSPS) is 11.1. The number of hydrogen-bond donors (Lipinski definition) is 1. The van der Waals surface area contributed by atoms with Gasteiger partial charge < -0.3 is 15.2 Å². The Hall–Kier alpha value is -3.14. The van der Waals surface area contributed by atoms with Crippen molar-refractivity contribution >= 4 is 34.7 Å². The van der Waals surface area contributed by atoms with E-state index in [0.29, 0.717) is 29.0 Å². The van der Waals surface area contributed by atoms with Crippen LogP contribution in [-0.4, -0.2) is 44.3 Å². The average Bonchev–Trinajstić information content (AvgIpc) is 2.96. The maximum Gasteiger partial charge on any atom is 0.330 e. The summed E-state index contributed by atoms with van der Waals surface area (Å²) in [6.45, 7) is 4.17. The fourth-order valence-corrected chi connectivity index (χ4v) is 3.67. The largest absolute Gasteiger partial charge is 0.496 e. The number of hydrogen-bond acceptors (Lipinski definition) is 8. The first-order chi connectivity index (χ1) is 14.3. The van der Waals surface area contributed by atoms with Gasteiger partial charge in [0.15, 0.2) is 10.8 Å². The number of fused-ring (bicyclic) bond motifs is 1. The van der Waals surface area contributed by atoms with Gasteiger partial charge in [-0.15, -0.1) is 0 Å². The Morgan fingerprint density at radius 1 is 1.23 bits per heavy atom. The molecule has 2 N–H and O–H groups in total. The fraction of sp³-hybridized carbons (Fsp3) is 0.421. The number of nitrogens with two attached hydrogens (primary N) is 1. The second-order valence-electron chi connectivity index (χ2n) is 6.79. The maximum absolute atomic E-state index is 13.2. The number of esters is 1. The molecule has 0 atom stereocenters. The van der Waals surface area contributed by atoms with Gasteiger partial charge in [0.25, 0.3) is 0 Å². The van der Waals surface area contributed by atoms with E-state index in [2.05, 4.69) is 19.7 Å². The molecule has 0 saturated heterocycles. The molecule has 10 nitrogen and oxygen atoms in total. The predicted molar refractivity (Wildman–Crippen MR) is 112 cm³/mol. The van der Waals surface area contributed by atoms with Gasteiger partial charge in [0.2, 0.25) is 5.95 Å². The highest BCUT2D eigenvalue weighted by molar-refractivity contribution is 6.33. The average molecular weight is 435 g/mol. The van der Waals surface area contributed by atoms with E-state index in [-0.39, 0.29) is 42.3 Å². The van der Waals surface area contributed by atoms with E-state index in [1.807, 2.05) is 13.8 Å². The molecule has 3 heterocycles. The Kier molecular flexibility index (Phi) is 6.25. The van der Waals surface area contributed by atoms with E-state index in [1.165, 1.54) is 16.2 Å². The second kappa shape index (κ2) is 8.70. The molecule has 0 aliphatic heterocycles. The summed E-state index contributed by atoms with van der Waals surface area (Å²) in [6.07, 6.45) is 2.25. The molecule has 0 aliphatic carbocycles. The number of aromatic nitrogens is 5. The van der Waals surface area contributed by atoms with Gasteiger partial charge in [0.1, 0.15) is 11.3 Å². The third kappa shape index (κ3) is 3.95. The summed E-state index contributed by atoms with van der Waals surface area (Å²) in [5.74, 6) is 0.311. The number of methoxy groups -OCH3 is 2. The van der Waals surface area contributed by atoms with Crippen molar-refractivity contribution < 1.29 is 14.3 Å². The number of carbonyl (C=O) groups excluding carboxylic acids is 1. The number of ether oxygens (including phenoxy) is 2. The summed E-state index contributed by atoms with van der Waals surface area (Å²) in [5.41, 5.74) is 8.45. The third-order valence-electron chi connectivity index (χ3n) is 4.88. The van der Waals surface area contributed by atoms with Crippen LogP contribution in [0.25, 0.3) is 11.2 Å². The van der Waals surface area contributed by atoms with Crippen LogP contribution in [0.2, 0.25) is 5.15 Å². The first kappa shape index (κ1) is 21.6. The zero-order valence-corrected chi connectivity index (χ0v) is 18.0. The van der Waals surface area contributed by atoms with E-state index in [1.54, 1.807) is 13.3 Å². The van der Waals surface area contributed by atoms with Crippen molar-refractivity contribution in [2.24, 2.45) is 0 Å². The molecule has 30 heavy (non-hydrogen) atoms. The van der Waals surface area contributed by atoms with Crippen molar-refractivity contribution in [3.05, 3.63) is 38.7 Å². The Bertz CT molecular complexity index is 1170. The minimum atomic E-state index is -0.357. The smallest absolute Gasteiger partial charge is 0.330 e. The Morgan fingerprint density at radius 2 is 1.97 bits per heavy atom. The molecule has 0 aromatic carbocycles. The SMILES string of the molecule is COC(=O)CCCn1c(=O)n(Cc2ncc(C)c(OC)c2C)c2nc(N)nc(Cl)c21. The first-order valence-electron chi connectivity index (χ1n) is 9.26. The van der Waals surface area contributed by atoms with Crippen LogP contribution in [0.4, 0.5) is 5.95 Å². The summed E-state index contributed by atoms with van der Waals surface area (Å²) < 4.78 is 13.0. The molecule has 3 aromatic heterocycles.